The molecule has 1 amide bonds. The van der Waals surface area contributed by atoms with Crippen molar-refractivity contribution in [2.45, 2.75) is 13.0 Å². The highest BCUT2D eigenvalue weighted by Gasteiger charge is 2.09. The fourth-order valence-corrected chi connectivity index (χ4v) is 1.62. The Morgan fingerprint density at radius 1 is 1.11 bits per heavy atom. The smallest absolute Gasteiger partial charge is 0.371 e. The summed E-state index contributed by atoms with van der Waals surface area (Å²) in [6.45, 7) is 0.180. The summed E-state index contributed by atoms with van der Waals surface area (Å²) in [6.07, 6.45) is 0.285. The number of furan rings is 1. The third-order valence-electron chi connectivity index (χ3n) is 2.54. The molecule has 0 unspecified atom stereocenters. The van der Waals surface area contributed by atoms with Gasteiger partial charge in [-0.05, 0) is 17.7 Å². The fourth-order valence-electron chi connectivity index (χ4n) is 1.62. The molecule has 1 aromatic carbocycles. The first-order valence-electron chi connectivity index (χ1n) is 5.78. The Balaban J connectivity index is 1.84. The quantitative estimate of drug-likeness (QED) is 0.858. The lowest BCUT2D eigenvalue weighted by molar-refractivity contribution is -0.120. The summed E-state index contributed by atoms with van der Waals surface area (Å²) in [5.74, 6) is -0.979. The van der Waals surface area contributed by atoms with Gasteiger partial charge in [0.05, 0.1) is 13.0 Å². The number of rotatable bonds is 5. The first-order valence-corrected chi connectivity index (χ1v) is 5.78. The molecule has 0 aliphatic rings. The predicted molar refractivity (Wildman–Crippen MR) is 67.7 cm³/mol. The van der Waals surface area contributed by atoms with Crippen LogP contribution in [0, 0.1) is 0 Å². The van der Waals surface area contributed by atoms with Gasteiger partial charge in [-0.15, -0.1) is 0 Å². The third kappa shape index (κ3) is 3.70. The average Bonchev–Trinajstić information content (AvgIpc) is 2.86. The number of benzene rings is 1. The van der Waals surface area contributed by atoms with Crippen molar-refractivity contribution in [2.24, 2.45) is 0 Å². The topological polar surface area (TPSA) is 79.5 Å². The van der Waals surface area contributed by atoms with E-state index in [9.17, 15) is 9.59 Å². The molecule has 2 N–H and O–H groups in total. The number of hydrogen-bond donors (Lipinski definition) is 2. The maximum Gasteiger partial charge on any atom is 0.371 e. The zero-order valence-electron chi connectivity index (χ0n) is 10.1. The highest BCUT2D eigenvalue weighted by atomic mass is 16.4. The van der Waals surface area contributed by atoms with Crippen LogP contribution in [0.2, 0.25) is 0 Å². The second kappa shape index (κ2) is 5.86. The van der Waals surface area contributed by atoms with Crippen LogP contribution in [0.3, 0.4) is 0 Å². The standard InChI is InChI=1S/C14H13NO4/c16-13(8-10-4-2-1-3-5-10)15-9-11-6-7-12(19-11)14(17)18/h1-7H,8-9H2,(H,15,16)(H,17,18). The first-order chi connectivity index (χ1) is 9.15. The van der Waals surface area contributed by atoms with E-state index in [-0.39, 0.29) is 24.6 Å². The zero-order valence-corrected chi connectivity index (χ0v) is 10.1. The van der Waals surface area contributed by atoms with Crippen LogP contribution >= 0.6 is 0 Å². The number of aromatic carboxylic acids is 1. The van der Waals surface area contributed by atoms with Crippen molar-refractivity contribution in [3.05, 3.63) is 59.5 Å². The maximum atomic E-state index is 11.7. The fraction of sp³-hybridized carbons (Fsp3) is 0.143. The van der Waals surface area contributed by atoms with Crippen molar-refractivity contribution in [1.29, 1.82) is 0 Å². The van der Waals surface area contributed by atoms with E-state index in [1.54, 1.807) is 0 Å². The molecule has 0 spiro atoms. The van der Waals surface area contributed by atoms with Gasteiger partial charge in [-0.1, -0.05) is 30.3 Å². The largest absolute Gasteiger partial charge is 0.475 e. The molecule has 2 rings (SSSR count). The van der Waals surface area contributed by atoms with Crippen molar-refractivity contribution >= 4 is 11.9 Å². The lowest BCUT2D eigenvalue weighted by Crippen LogP contribution is -2.24. The minimum Gasteiger partial charge on any atom is -0.475 e. The molecule has 0 bridgehead atoms. The predicted octanol–water partition coefficient (Wildman–Crippen LogP) is 1.84. The molecule has 0 aliphatic carbocycles. The van der Waals surface area contributed by atoms with Crippen LogP contribution in [0.5, 0.6) is 0 Å². The third-order valence-corrected chi connectivity index (χ3v) is 2.54. The lowest BCUT2D eigenvalue weighted by atomic mass is 10.1. The molecule has 0 saturated heterocycles. The van der Waals surface area contributed by atoms with Gasteiger partial charge in [0.2, 0.25) is 11.7 Å². The molecule has 0 atom stereocenters. The number of nitrogens with one attached hydrogen (secondary N) is 1. The van der Waals surface area contributed by atoms with Crippen molar-refractivity contribution in [3.63, 3.8) is 0 Å². The molecule has 2 aromatic rings. The van der Waals surface area contributed by atoms with Crippen molar-refractivity contribution in [2.75, 3.05) is 0 Å². The Hall–Kier alpha value is -2.56. The lowest BCUT2D eigenvalue weighted by Gasteiger charge is -2.03. The van der Waals surface area contributed by atoms with E-state index in [4.69, 9.17) is 9.52 Å². The van der Waals surface area contributed by atoms with Crippen LogP contribution in [0.25, 0.3) is 0 Å². The van der Waals surface area contributed by atoms with Crippen molar-refractivity contribution in [1.82, 2.24) is 5.32 Å². The first kappa shape index (κ1) is 12.9. The van der Waals surface area contributed by atoms with Gasteiger partial charge in [0, 0.05) is 0 Å². The maximum absolute atomic E-state index is 11.7. The molecule has 0 saturated carbocycles. The summed E-state index contributed by atoms with van der Waals surface area (Å²) in [5.41, 5.74) is 0.922. The van der Waals surface area contributed by atoms with E-state index in [1.807, 2.05) is 30.3 Å². The number of carboxylic acid groups (broad SMARTS) is 1. The van der Waals surface area contributed by atoms with Crippen molar-refractivity contribution in [3.8, 4) is 0 Å². The second-order valence-corrected chi connectivity index (χ2v) is 4.01. The summed E-state index contributed by atoms with van der Waals surface area (Å²) >= 11 is 0. The molecule has 0 radical (unpaired) electrons. The van der Waals surface area contributed by atoms with Crippen molar-refractivity contribution < 1.29 is 19.1 Å². The summed E-state index contributed by atoms with van der Waals surface area (Å²) in [7, 11) is 0. The zero-order chi connectivity index (χ0) is 13.7. The van der Waals surface area contributed by atoms with E-state index in [0.717, 1.165) is 5.56 Å². The number of carbonyl (C=O) groups is 2. The van der Waals surface area contributed by atoms with Crippen LogP contribution in [-0.2, 0) is 17.8 Å². The average molecular weight is 259 g/mol. The van der Waals surface area contributed by atoms with E-state index in [1.165, 1.54) is 12.1 Å². The number of hydrogen-bond acceptors (Lipinski definition) is 3. The second-order valence-electron chi connectivity index (χ2n) is 4.01. The molecule has 5 nitrogen and oxygen atoms in total. The number of carboxylic acids is 1. The Morgan fingerprint density at radius 2 is 1.84 bits per heavy atom. The normalized spacial score (nSPS) is 10.1. The van der Waals surface area contributed by atoms with E-state index < -0.39 is 5.97 Å². The molecule has 0 fully saturated rings. The van der Waals surface area contributed by atoms with Gasteiger partial charge in [-0.25, -0.2) is 4.79 Å². The Bertz CT molecular complexity index is 574. The molecular weight excluding hydrogens is 246 g/mol. The van der Waals surface area contributed by atoms with Gasteiger partial charge in [0.1, 0.15) is 5.76 Å². The molecular formula is C14H13NO4. The summed E-state index contributed by atoms with van der Waals surface area (Å²) < 4.78 is 5.03. The summed E-state index contributed by atoms with van der Waals surface area (Å²) in [6, 6.07) is 12.3. The SMILES string of the molecule is O=C(Cc1ccccc1)NCc1ccc(C(=O)O)o1. The van der Waals surface area contributed by atoms with Gasteiger partial charge in [0.15, 0.2) is 0 Å². The summed E-state index contributed by atoms with van der Waals surface area (Å²) in [4.78, 5) is 22.3. The monoisotopic (exact) mass is 259 g/mol. The highest BCUT2D eigenvalue weighted by Crippen LogP contribution is 2.07. The summed E-state index contributed by atoms with van der Waals surface area (Å²) in [5, 5.41) is 11.4. The van der Waals surface area contributed by atoms with Gasteiger partial charge in [-0.2, -0.15) is 0 Å². The van der Waals surface area contributed by atoms with Gasteiger partial charge < -0.3 is 14.8 Å². The molecule has 0 aliphatic heterocycles. The molecule has 1 aromatic heterocycles. The minimum atomic E-state index is -1.12. The molecule has 98 valence electrons. The van der Waals surface area contributed by atoms with Crippen LogP contribution < -0.4 is 5.32 Å². The van der Waals surface area contributed by atoms with Gasteiger partial charge in [-0.3, -0.25) is 4.79 Å². The Labute approximate surface area is 109 Å². The highest BCUT2D eigenvalue weighted by molar-refractivity contribution is 5.84. The van der Waals surface area contributed by atoms with Crippen LogP contribution in [0.4, 0.5) is 0 Å². The molecule has 1 heterocycles. The molecule has 19 heavy (non-hydrogen) atoms. The van der Waals surface area contributed by atoms with E-state index in [2.05, 4.69) is 5.32 Å². The van der Waals surface area contributed by atoms with E-state index in [0.29, 0.717) is 5.76 Å². The minimum absolute atomic E-state index is 0.132. The number of carbonyl (C=O) groups excluding carboxylic acids is 1. The molecule has 5 heteroatoms. The van der Waals surface area contributed by atoms with Gasteiger partial charge in [0.25, 0.3) is 0 Å². The van der Waals surface area contributed by atoms with Gasteiger partial charge >= 0.3 is 5.97 Å². The van der Waals surface area contributed by atoms with Crippen LogP contribution in [0.1, 0.15) is 21.9 Å². The Morgan fingerprint density at radius 3 is 2.47 bits per heavy atom. The van der Waals surface area contributed by atoms with Crippen LogP contribution in [-0.4, -0.2) is 17.0 Å². The van der Waals surface area contributed by atoms with Crippen LogP contribution in [0.15, 0.2) is 46.9 Å². The number of amides is 1. The van der Waals surface area contributed by atoms with E-state index >= 15 is 0 Å². The Kier molecular flexibility index (Phi) is 3.97.